The fraction of sp³-hybridized carbons (Fsp3) is 0.286. The van der Waals surface area contributed by atoms with E-state index in [0.717, 1.165) is 17.0 Å². The molecule has 1 saturated heterocycles. The molecule has 0 aromatic heterocycles. The second-order valence-corrected chi connectivity index (χ2v) is 7.25. The molecule has 10 heteroatoms. The summed E-state index contributed by atoms with van der Waals surface area (Å²) in [4.78, 5) is 38.3. The van der Waals surface area contributed by atoms with Gasteiger partial charge in [-0.1, -0.05) is 6.07 Å². The first-order valence-electron chi connectivity index (χ1n) is 9.36. The Balaban J connectivity index is 1.53. The van der Waals surface area contributed by atoms with Crippen molar-refractivity contribution in [2.45, 2.75) is 19.5 Å². The average molecular weight is 434 g/mol. The van der Waals surface area contributed by atoms with Gasteiger partial charge >= 0.3 is 6.18 Å². The largest absolute Gasteiger partial charge is 0.454 e. The predicted molar refractivity (Wildman–Crippen MR) is 103 cm³/mol. The lowest BCUT2D eigenvalue weighted by Crippen LogP contribution is -2.28. The third-order valence-electron chi connectivity index (χ3n) is 5.13. The Morgan fingerprint density at radius 1 is 1.13 bits per heavy atom. The van der Waals surface area contributed by atoms with Crippen LogP contribution in [-0.2, 0) is 15.8 Å². The van der Waals surface area contributed by atoms with Gasteiger partial charge in [-0.05, 0) is 31.2 Å². The van der Waals surface area contributed by atoms with Gasteiger partial charge in [0.25, 0.3) is 0 Å². The van der Waals surface area contributed by atoms with Gasteiger partial charge in [0.15, 0.2) is 17.3 Å². The molecule has 2 amide bonds. The number of nitrogens with one attached hydrogen (secondary N) is 1. The Labute approximate surface area is 174 Å². The number of Topliss-reactive ketones (excluding diaryl/α,β-unsaturated/α-hetero) is 1. The van der Waals surface area contributed by atoms with Crippen molar-refractivity contribution < 1.29 is 37.0 Å². The molecule has 2 aliphatic heterocycles. The van der Waals surface area contributed by atoms with E-state index in [1.54, 1.807) is 0 Å². The summed E-state index contributed by atoms with van der Waals surface area (Å²) in [6.07, 6.45) is -4.71. The zero-order valence-electron chi connectivity index (χ0n) is 16.3. The Hall–Kier alpha value is -3.56. The zero-order chi connectivity index (χ0) is 22.3. The summed E-state index contributed by atoms with van der Waals surface area (Å²) in [6, 6.07) is 7.33. The Morgan fingerprint density at radius 3 is 2.52 bits per heavy atom. The molecule has 1 fully saturated rings. The van der Waals surface area contributed by atoms with Gasteiger partial charge in [-0.25, -0.2) is 0 Å². The number of amides is 2. The molecular weight excluding hydrogens is 417 g/mol. The van der Waals surface area contributed by atoms with E-state index in [9.17, 15) is 27.6 Å². The van der Waals surface area contributed by atoms with Crippen molar-refractivity contribution >= 4 is 29.0 Å². The maximum absolute atomic E-state index is 13.0. The van der Waals surface area contributed by atoms with Crippen LogP contribution < -0.4 is 19.7 Å². The van der Waals surface area contributed by atoms with E-state index in [0.29, 0.717) is 11.5 Å². The highest BCUT2D eigenvalue weighted by molar-refractivity contribution is 6.07. The topological polar surface area (TPSA) is 84.9 Å². The van der Waals surface area contributed by atoms with Crippen LogP contribution in [0.25, 0.3) is 0 Å². The average Bonchev–Trinajstić information content (AvgIpc) is 3.32. The van der Waals surface area contributed by atoms with Crippen LogP contribution in [0.15, 0.2) is 36.4 Å². The molecular formula is C21H17F3N2O5. The number of carbonyl (C=O) groups excluding carboxylic acids is 3. The van der Waals surface area contributed by atoms with E-state index < -0.39 is 29.5 Å². The van der Waals surface area contributed by atoms with E-state index in [4.69, 9.17) is 9.47 Å². The van der Waals surface area contributed by atoms with Gasteiger partial charge in [-0.3, -0.25) is 14.4 Å². The molecule has 0 spiro atoms. The van der Waals surface area contributed by atoms with Crippen molar-refractivity contribution in [2.75, 3.05) is 23.6 Å². The molecule has 31 heavy (non-hydrogen) atoms. The first-order chi connectivity index (χ1) is 14.6. The number of alkyl halides is 3. The highest BCUT2D eigenvalue weighted by Gasteiger charge is 2.37. The summed E-state index contributed by atoms with van der Waals surface area (Å²) in [5, 5.41) is 2.64. The Morgan fingerprint density at radius 2 is 1.84 bits per heavy atom. The van der Waals surface area contributed by atoms with Crippen LogP contribution >= 0.6 is 0 Å². The highest BCUT2D eigenvalue weighted by Crippen LogP contribution is 2.38. The number of anilines is 2. The molecule has 0 saturated carbocycles. The molecule has 162 valence electrons. The van der Waals surface area contributed by atoms with E-state index >= 15 is 0 Å². The van der Waals surface area contributed by atoms with Crippen molar-refractivity contribution in [3.8, 4) is 11.5 Å². The molecule has 2 aromatic carbocycles. The fourth-order valence-electron chi connectivity index (χ4n) is 3.55. The number of ketones is 1. The molecule has 0 bridgehead atoms. The number of nitrogens with zero attached hydrogens (tertiary/aromatic N) is 1. The molecule has 7 nitrogen and oxygen atoms in total. The summed E-state index contributed by atoms with van der Waals surface area (Å²) >= 11 is 0. The number of hydrogen-bond donors (Lipinski definition) is 1. The summed E-state index contributed by atoms with van der Waals surface area (Å²) in [7, 11) is 0. The second kappa shape index (κ2) is 7.60. The van der Waals surface area contributed by atoms with E-state index in [1.165, 1.54) is 31.2 Å². The van der Waals surface area contributed by atoms with Crippen molar-refractivity contribution in [3.63, 3.8) is 0 Å². The van der Waals surface area contributed by atoms with Gasteiger partial charge in [0, 0.05) is 30.3 Å². The second-order valence-electron chi connectivity index (χ2n) is 7.25. The monoisotopic (exact) mass is 434 g/mol. The number of hydrogen-bond acceptors (Lipinski definition) is 5. The summed E-state index contributed by atoms with van der Waals surface area (Å²) in [6.45, 7) is 1.25. The summed E-state index contributed by atoms with van der Waals surface area (Å²) < 4.78 is 49.5. The minimum atomic E-state index is -4.54. The molecule has 1 unspecified atom stereocenters. The molecule has 1 N–H and O–H groups in total. The molecule has 0 radical (unpaired) electrons. The lowest BCUT2D eigenvalue weighted by atomic mass is 10.1. The van der Waals surface area contributed by atoms with Crippen molar-refractivity contribution in [1.82, 2.24) is 0 Å². The maximum Gasteiger partial charge on any atom is 0.416 e. The zero-order valence-corrected chi connectivity index (χ0v) is 16.3. The molecule has 2 aliphatic rings. The van der Waals surface area contributed by atoms with Gasteiger partial charge in [0.05, 0.1) is 17.2 Å². The Kier molecular flexibility index (Phi) is 5.08. The van der Waals surface area contributed by atoms with E-state index in [2.05, 4.69) is 5.32 Å². The lowest BCUT2D eigenvalue weighted by molar-refractivity contribution is -0.137. The van der Waals surface area contributed by atoms with Crippen LogP contribution in [0.1, 0.15) is 29.3 Å². The number of fused-ring (bicyclic) bond motifs is 1. The number of carbonyl (C=O) groups is 3. The molecule has 4 rings (SSSR count). The minimum absolute atomic E-state index is 0.00679. The smallest absolute Gasteiger partial charge is 0.416 e. The van der Waals surface area contributed by atoms with Gasteiger partial charge < -0.3 is 19.7 Å². The summed E-state index contributed by atoms with van der Waals surface area (Å²) in [5.74, 6) is -1.33. The van der Waals surface area contributed by atoms with Gasteiger partial charge in [0.2, 0.25) is 18.6 Å². The number of halogens is 3. The third-order valence-corrected chi connectivity index (χ3v) is 5.13. The third kappa shape index (κ3) is 4.05. The van der Waals surface area contributed by atoms with Crippen LogP contribution in [0.3, 0.4) is 0 Å². The molecule has 2 aromatic rings. The first-order valence-corrected chi connectivity index (χ1v) is 9.36. The van der Waals surface area contributed by atoms with Gasteiger partial charge in [0.1, 0.15) is 0 Å². The van der Waals surface area contributed by atoms with Crippen LogP contribution in [-0.4, -0.2) is 30.9 Å². The molecule has 1 atom stereocenters. The van der Waals surface area contributed by atoms with Crippen molar-refractivity contribution in [2.24, 2.45) is 5.92 Å². The van der Waals surface area contributed by atoms with Crippen LogP contribution in [0.5, 0.6) is 11.5 Å². The maximum atomic E-state index is 13.0. The van der Waals surface area contributed by atoms with Crippen molar-refractivity contribution in [3.05, 3.63) is 47.5 Å². The lowest BCUT2D eigenvalue weighted by Gasteiger charge is -2.18. The number of rotatable bonds is 4. The SMILES string of the molecule is CC(=O)c1cc2c(cc1NC(=O)C1CC(=O)N(c3cccc(C(F)(F)F)c3)C1)OCO2. The van der Waals surface area contributed by atoms with Gasteiger partial charge in [-0.15, -0.1) is 0 Å². The minimum Gasteiger partial charge on any atom is -0.454 e. The predicted octanol–water partition coefficient (Wildman–Crippen LogP) is 3.63. The number of benzene rings is 2. The van der Waals surface area contributed by atoms with Crippen molar-refractivity contribution in [1.29, 1.82) is 0 Å². The first kappa shape index (κ1) is 20.7. The number of ether oxygens (including phenoxy) is 2. The molecule has 2 heterocycles. The normalized spacial score (nSPS) is 17.7. The Bertz CT molecular complexity index is 1080. The summed E-state index contributed by atoms with van der Waals surface area (Å²) in [5.41, 5.74) is -0.372. The van der Waals surface area contributed by atoms with Crippen LogP contribution in [0.2, 0.25) is 0 Å². The quantitative estimate of drug-likeness (QED) is 0.743. The van der Waals surface area contributed by atoms with Crippen LogP contribution in [0.4, 0.5) is 24.5 Å². The fourth-order valence-corrected chi connectivity index (χ4v) is 3.55. The van der Waals surface area contributed by atoms with E-state index in [1.807, 2.05) is 0 Å². The van der Waals surface area contributed by atoms with Crippen LogP contribution in [0, 0.1) is 5.92 Å². The highest BCUT2D eigenvalue weighted by atomic mass is 19.4. The van der Waals surface area contributed by atoms with E-state index in [-0.39, 0.29) is 42.5 Å². The molecule has 0 aliphatic carbocycles. The van der Waals surface area contributed by atoms with Gasteiger partial charge in [-0.2, -0.15) is 13.2 Å². The standard InChI is InChI=1S/C21H17F3N2O5/c1-11(27)15-7-17-18(31-10-30-17)8-16(15)25-20(29)12-5-19(28)26(9-12)14-4-2-3-13(6-14)21(22,23)24/h2-4,6-8,12H,5,9-10H2,1H3,(H,25,29).